The number of hydrogen-bond acceptors (Lipinski definition) is 1. The molecular weight excluding hydrogens is 194 g/mol. The molecule has 1 saturated carbocycles. The van der Waals surface area contributed by atoms with E-state index in [9.17, 15) is 4.79 Å². The molecule has 3 heteroatoms. The first-order valence-corrected chi connectivity index (χ1v) is 4.71. The predicted octanol–water partition coefficient (Wildman–Crippen LogP) is 1.39. The molecule has 0 aromatic heterocycles. The molecule has 0 atom stereocenters. The van der Waals surface area contributed by atoms with Gasteiger partial charge >= 0.3 is 0 Å². The van der Waals surface area contributed by atoms with E-state index in [0.29, 0.717) is 6.04 Å². The molecule has 0 N–H and O–H groups in total. The molecule has 1 rings (SSSR count). The highest BCUT2D eigenvalue weighted by Gasteiger charge is 2.29. The number of amides is 1. The van der Waals surface area contributed by atoms with Gasteiger partial charge < -0.3 is 4.90 Å². The molecule has 0 saturated heterocycles. The summed E-state index contributed by atoms with van der Waals surface area (Å²) in [6.07, 6.45) is 2.40. The van der Waals surface area contributed by atoms with Gasteiger partial charge in [0.15, 0.2) is 0 Å². The van der Waals surface area contributed by atoms with Crippen LogP contribution in [0.25, 0.3) is 0 Å². The standard InChI is InChI=1S/C7H12BrNO/c1-6(10)9(5-4-8)7-2-3-7/h7H,2-5H2,1H3. The number of alkyl halides is 1. The number of halogens is 1. The Balaban J connectivity index is 2.34. The van der Waals surface area contributed by atoms with Gasteiger partial charge in [-0.3, -0.25) is 4.79 Å². The number of rotatable bonds is 3. The molecular formula is C7H12BrNO. The summed E-state index contributed by atoms with van der Waals surface area (Å²) in [5.41, 5.74) is 0. The fourth-order valence-corrected chi connectivity index (χ4v) is 1.46. The Kier molecular flexibility index (Phi) is 2.72. The van der Waals surface area contributed by atoms with Gasteiger partial charge in [0.2, 0.25) is 5.91 Å². The molecule has 0 aromatic carbocycles. The lowest BCUT2D eigenvalue weighted by atomic mass is 10.4. The van der Waals surface area contributed by atoms with Crippen molar-refractivity contribution in [2.75, 3.05) is 11.9 Å². The Hall–Kier alpha value is -0.0500. The largest absolute Gasteiger partial charge is 0.339 e. The van der Waals surface area contributed by atoms with Crippen LogP contribution in [0.2, 0.25) is 0 Å². The number of nitrogens with zero attached hydrogens (tertiary/aromatic N) is 1. The minimum Gasteiger partial charge on any atom is -0.339 e. The molecule has 0 heterocycles. The predicted molar refractivity (Wildman–Crippen MR) is 44.2 cm³/mol. The zero-order chi connectivity index (χ0) is 7.56. The van der Waals surface area contributed by atoms with Gasteiger partial charge in [-0.15, -0.1) is 0 Å². The van der Waals surface area contributed by atoms with Crippen LogP contribution in [-0.2, 0) is 4.79 Å². The van der Waals surface area contributed by atoms with Gasteiger partial charge in [-0.1, -0.05) is 15.9 Å². The third-order valence-corrected chi connectivity index (χ3v) is 2.07. The van der Waals surface area contributed by atoms with E-state index in [2.05, 4.69) is 15.9 Å². The van der Waals surface area contributed by atoms with E-state index in [0.717, 1.165) is 11.9 Å². The molecule has 1 aliphatic carbocycles. The van der Waals surface area contributed by atoms with Crippen molar-refractivity contribution < 1.29 is 4.79 Å². The van der Waals surface area contributed by atoms with E-state index in [4.69, 9.17) is 0 Å². The van der Waals surface area contributed by atoms with Crippen LogP contribution in [0.5, 0.6) is 0 Å². The lowest BCUT2D eigenvalue weighted by Gasteiger charge is -2.18. The zero-order valence-corrected chi connectivity index (χ0v) is 7.73. The lowest BCUT2D eigenvalue weighted by Crippen LogP contribution is -2.32. The van der Waals surface area contributed by atoms with Crippen molar-refractivity contribution in [3.8, 4) is 0 Å². The maximum Gasteiger partial charge on any atom is 0.219 e. The summed E-state index contributed by atoms with van der Waals surface area (Å²) >= 11 is 3.32. The molecule has 0 bridgehead atoms. The molecule has 0 aromatic rings. The van der Waals surface area contributed by atoms with Gasteiger partial charge in [0.1, 0.15) is 0 Å². The molecule has 0 spiro atoms. The normalized spacial score (nSPS) is 17.0. The molecule has 1 amide bonds. The van der Waals surface area contributed by atoms with Crippen LogP contribution in [0.15, 0.2) is 0 Å². The monoisotopic (exact) mass is 205 g/mol. The molecule has 2 nitrogen and oxygen atoms in total. The molecule has 0 unspecified atom stereocenters. The van der Waals surface area contributed by atoms with Crippen molar-refractivity contribution in [1.82, 2.24) is 4.90 Å². The molecule has 58 valence electrons. The molecule has 0 radical (unpaired) electrons. The average Bonchev–Trinajstić information content (AvgIpc) is 2.63. The minimum atomic E-state index is 0.210. The third-order valence-electron chi connectivity index (χ3n) is 1.72. The highest BCUT2D eigenvalue weighted by molar-refractivity contribution is 9.09. The smallest absolute Gasteiger partial charge is 0.219 e. The second-order valence-electron chi connectivity index (χ2n) is 2.63. The first-order valence-electron chi connectivity index (χ1n) is 3.59. The van der Waals surface area contributed by atoms with Gasteiger partial charge in [0.05, 0.1) is 0 Å². The Morgan fingerprint density at radius 1 is 1.70 bits per heavy atom. The molecule has 0 aliphatic heterocycles. The van der Waals surface area contributed by atoms with Crippen molar-refractivity contribution >= 4 is 21.8 Å². The van der Waals surface area contributed by atoms with Crippen molar-refractivity contribution in [1.29, 1.82) is 0 Å². The lowest BCUT2D eigenvalue weighted by molar-refractivity contribution is -0.129. The van der Waals surface area contributed by atoms with Crippen molar-refractivity contribution in [2.24, 2.45) is 0 Å². The number of carbonyl (C=O) groups excluding carboxylic acids is 1. The van der Waals surface area contributed by atoms with Crippen LogP contribution in [0.1, 0.15) is 19.8 Å². The summed E-state index contributed by atoms with van der Waals surface area (Å²) in [5.74, 6) is 0.210. The van der Waals surface area contributed by atoms with E-state index in [1.165, 1.54) is 12.8 Å². The maximum absolute atomic E-state index is 10.9. The third kappa shape index (κ3) is 1.97. The van der Waals surface area contributed by atoms with Crippen LogP contribution < -0.4 is 0 Å². The fraction of sp³-hybridized carbons (Fsp3) is 0.857. The van der Waals surface area contributed by atoms with Gasteiger partial charge in [0.25, 0.3) is 0 Å². The van der Waals surface area contributed by atoms with E-state index in [1.807, 2.05) is 4.90 Å². The Bertz CT molecular complexity index is 134. The summed E-state index contributed by atoms with van der Waals surface area (Å²) in [5, 5.41) is 0.892. The molecule has 1 aliphatic rings. The summed E-state index contributed by atoms with van der Waals surface area (Å²) in [6, 6.07) is 0.565. The van der Waals surface area contributed by atoms with Crippen molar-refractivity contribution in [3.63, 3.8) is 0 Å². The summed E-state index contributed by atoms with van der Waals surface area (Å²) in [7, 11) is 0. The molecule has 1 fully saturated rings. The highest BCUT2D eigenvalue weighted by atomic mass is 79.9. The van der Waals surface area contributed by atoms with Crippen LogP contribution in [0.3, 0.4) is 0 Å². The SMILES string of the molecule is CC(=O)N(CCBr)C1CC1. The van der Waals surface area contributed by atoms with E-state index in [1.54, 1.807) is 6.92 Å². The maximum atomic E-state index is 10.9. The second kappa shape index (κ2) is 3.37. The zero-order valence-electron chi connectivity index (χ0n) is 6.14. The van der Waals surface area contributed by atoms with Crippen molar-refractivity contribution in [2.45, 2.75) is 25.8 Å². The minimum absolute atomic E-state index is 0.210. The molecule has 10 heavy (non-hydrogen) atoms. The fourth-order valence-electron chi connectivity index (χ4n) is 1.07. The summed E-state index contributed by atoms with van der Waals surface area (Å²) < 4.78 is 0. The van der Waals surface area contributed by atoms with E-state index < -0.39 is 0 Å². The van der Waals surface area contributed by atoms with Crippen LogP contribution in [0, 0.1) is 0 Å². The Labute approximate surface area is 69.7 Å². The second-order valence-corrected chi connectivity index (χ2v) is 3.43. The first kappa shape index (κ1) is 8.05. The van der Waals surface area contributed by atoms with Crippen molar-refractivity contribution in [3.05, 3.63) is 0 Å². The quantitative estimate of drug-likeness (QED) is 0.639. The average molecular weight is 206 g/mol. The van der Waals surface area contributed by atoms with Gasteiger partial charge in [-0.25, -0.2) is 0 Å². The van der Waals surface area contributed by atoms with Crippen LogP contribution in [0.4, 0.5) is 0 Å². The van der Waals surface area contributed by atoms with E-state index in [-0.39, 0.29) is 5.91 Å². The van der Waals surface area contributed by atoms with Gasteiger partial charge in [-0.05, 0) is 12.8 Å². The van der Waals surface area contributed by atoms with Crippen LogP contribution >= 0.6 is 15.9 Å². The van der Waals surface area contributed by atoms with Gasteiger partial charge in [-0.2, -0.15) is 0 Å². The van der Waals surface area contributed by atoms with E-state index >= 15 is 0 Å². The Morgan fingerprint density at radius 3 is 2.60 bits per heavy atom. The number of carbonyl (C=O) groups is 1. The van der Waals surface area contributed by atoms with Crippen LogP contribution in [-0.4, -0.2) is 28.7 Å². The highest BCUT2D eigenvalue weighted by Crippen LogP contribution is 2.26. The summed E-state index contributed by atoms with van der Waals surface area (Å²) in [4.78, 5) is 12.9. The Morgan fingerprint density at radius 2 is 2.30 bits per heavy atom. The summed E-state index contributed by atoms with van der Waals surface area (Å²) in [6.45, 7) is 2.50. The number of hydrogen-bond donors (Lipinski definition) is 0. The first-order chi connectivity index (χ1) is 4.75. The topological polar surface area (TPSA) is 20.3 Å². The van der Waals surface area contributed by atoms with Gasteiger partial charge in [0, 0.05) is 24.8 Å².